The number of halogens is 1. The quantitative estimate of drug-likeness (QED) is 0.652. The number of aryl methyl sites for hydroxylation is 1. The Morgan fingerprint density at radius 1 is 1.27 bits per heavy atom. The van der Waals surface area contributed by atoms with Crippen molar-refractivity contribution in [2.45, 2.75) is 26.3 Å². The maximum atomic E-state index is 13.0. The van der Waals surface area contributed by atoms with Gasteiger partial charge in [-0.05, 0) is 72.7 Å². The number of amides is 1. The van der Waals surface area contributed by atoms with Gasteiger partial charge in [-0.3, -0.25) is 9.69 Å². The van der Waals surface area contributed by atoms with Crippen LogP contribution in [0, 0.1) is 9.62 Å². The third-order valence-corrected chi connectivity index (χ3v) is 7.48. The lowest BCUT2D eigenvalue weighted by atomic mass is 9.79. The number of carbonyl (C=O) groups excluding carboxylic acids is 1. The third kappa shape index (κ3) is 2.54. The summed E-state index contributed by atoms with van der Waals surface area (Å²) in [6.07, 6.45) is 3.30. The van der Waals surface area contributed by atoms with E-state index in [-0.39, 0.29) is 11.8 Å². The highest BCUT2D eigenvalue weighted by atomic mass is 127. The highest BCUT2D eigenvalue weighted by Crippen LogP contribution is 2.43. The van der Waals surface area contributed by atoms with Crippen LogP contribution in [-0.2, 0) is 18.3 Å². The summed E-state index contributed by atoms with van der Waals surface area (Å²) in [4.78, 5) is 17.3. The van der Waals surface area contributed by atoms with Crippen LogP contribution in [0.25, 0.3) is 16.5 Å². The van der Waals surface area contributed by atoms with Crippen LogP contribution in [0.3, 0.4) is 0 Å². The Morgan fingerprint density at radius 3 is 2.69 bits per heavy atom. The molecule has 1 amide bonds. The number of hydrogen-bond acceptors (Lipinski definition) is 2. The molecule has 1 aromatic heterocycles. The monoisotopic (exact) mass is 463 g/mol. The summed E-state index contributed by atoms with van der Waals surface area (Å²) < 4.78 is 3.63. The lowest BCUT2D eigenvalue weighted by Gasteiger charge is -2.40. The van der Waals surface area contributed by atoms with E-state index in [1.54, 1.807) is 0 Å². The van der Waals surface area contributed by atoms with Crippen molar-refractivity contribution >= 4 is 45.0 Å². The Balaban J connectivity index is 1.86. The minimum Gasteiger partial charge on any atom is -0.343 e. The van der Waals surface area contributed by atoms with E-state index in [1.807, 2.05) is 4.90 Å². The van der Waals surface area contributed by atoms with Crippen molar-refractivity contribution in [2.24, 2.45) is 13.0 Å². The second-order valence-electron chi connectivity index (χ2n) is 7.43. The molecule has 0 radical (unpaired) electrons. The Bertz CT molecular complexity index is 910. The molecule has 0 N–H and O–H groups in total. The van der Waals surface area contributed by atoms with E-state index in [9.17, 15) is 4.79 Å². The van der Waals surface area contributed by atoms with E-state index in [0.717, 1.165) is 26.1 Å². The Labute approximate surface area is 169 Å². The zero-order valence-electron chi connectivity index (χ0n) is 15.9. The van der Waals surface area contributed by atoms with Crippen LogP contribution in [-0.4, -0.2) is 53.0 Å². The van der Waals surface area contributed by atoms with Crippen LogP contribution in [0.4, 0.5) is 0 Å². The molecule has 0 fully saturated rings. The topological polar surface area (TPSA) is 28.5 Å². The molecule has 26 heavy (non-hydrogen) atoms. The molecule has 0 bridgehead atoms. The smallest absolute Gasteiger partial charge is 0.230 e. The molecular weight excluding hydrogens is 437 g/mol. The van der Waals surface area contributed by atoms with Crippen molar-refractivity contribution in [1.29, 1.82) is 0 Å². The molecule has 2 atom stereocenters. The van der Waals surface area contributed by atoms with E-state index in [4.69, 9.17) is 0 Å². The normalized spacial score (nSPS) is 22.3. The largest absolute Gasteiger partial charge is 0.343 e. The number of aromatic nitrogens is 1. The third-order valence-electron chi connectivity index (χ3n) is 6.11. The number of fused-ring (bicyclic) bond motifs is 2. The van der Waals surface area contributed by atoms with Crippen molar-refractivity contribution in [3.05, 3.63) is 39.1 Å². The molecular formula is C21H26IN3O. The van der Waals surface area contributed by atoms with Gasteiger partial charge >= 0.3 is 0 Å². The molecule has 4 nitrogen and oxygen atoms in total. The van der Waals surface area contributed by atoms with E-state index in [2.05, 4.69) is 84.3 Å². The minimum absolute atomic E-state index is 0.0502. The van der Waals surface area contributed by atoms with Gasteiger partial charge in [0.25, 0.3) is 0 Å². The van der Waals surface area contributed by atoms with Crippen molar-refractivity contribution in [3.63, 3.8) is 0 Å². The summed E-state index contributed by atoms with van der Waals surface area (Å²) in [6.45, 7) is 6.47. The molecule has 2 aliphatic rings. The summed E-state index contributed by atoms with van der Waals surface area (Å²) in [6, 6.07) is 6.95. The van der Waals surface area contributed by atoms with Gasteiger partial charge in [0.2, 0.25) is 5.91 Å². The van der Waals surface area contributed by atoms with Gasteiger partial charge in [0.05, 0.1) is 9.62 Å². The van der Waals surface area contributed by atoms with Crippen LogP contribution >= 0.6 is 22.6 Å². The highest BCUT2D eigenvalue weighted by Gasteiger charge is 2.37. The van der Waals surface area contributed by atoms with Gasteiger partial charge in [0.15, 0.2) is 0 Å². The highest BCUT2D eigenvalue weighted by molar-refractivity contribution is 14.1. The van der Waals surface area contributed by atoms with Crippen LogP contribution < -0.4 is 0 Å². The summed E-state index contributed by atoms with van der Waals surface area (Å²) in [7, 11) is 4.32. The summed E-state index contributed by atoms with van der Waals surface area (Å²) in [5.41, 5.74) is 5.41. The maximum absolute atomic E-state index is 13.0. The second kappa shape index (κ2) is 6.68. The fraction of sp³-hybridized carbons (Fsp3) is 0.476. The van der Waals surface area contributed by atoms with E-state index < -0.39 is 0 Å². The Morgan fingerprint density at radius 2 is 2.00 bits per heavy atom. The summed E-state index contributed by atoms with van der Waals surface area (Å²) in [5, 5.41) is 1.38. The van der Waals surface area contributed by atoms with E-state index >= 15 is 0 Å². The second-order valence-corrected chi connectivity index (χ2v) is 8.45. The van der Waals surface area contributed by atoms with Crippen molar-refractivity contribution in [2.75, 3.05) is 26.7 Å². The fourth-order valence-corrected chi connectivity index (χ4v) is 5.43. The number of benzene rings is 1. The number of hydrogen-bond donors (Lipinski definition) is 0. The molecule has 138 valence electrons. The zero-order chi connectivity index (χ0) is 18.6. The molecule has 1 aliphatic carbocycles. The number of rotatable bonds is 3. The molecule has 0 spiro atoms. The molecule has 4 rings (SSSR count). The fourth-order valence-electron chi connectivity index (χ4n) is 4.68. The average Bonchev–Trinajstić information content (AvgIpc) is 2.89. The number of likely N-dealkylation sites (N-methyl/N-ethyl adjacent to an activating group) is 1. The molecule has 1 aromatic carbocycles. The molecule has 2 heterocycles. The Kier molecular flexibility index (Phi) is 4.63. The average molecular weight is 463 g/mol. The van der Waals surface area contributed by atoms with Crippen molar-refractivity contribution in [1.82, 2.24) is 14.4 Å². The summed E-state index contributed by atoms with van der Waals surface area (Å²) >= 11 is 2.48. The molecule has 5 heteroatoms. The van der Waals surface area contributed by atoms with Gasteiger partial charge in [-0.1, -0.05) is 18.2 Å². The predicted molar refractivity (Wildman–Crippen MR) is 115 cm³/mol. The van der Waals surface area contributed by atoms with Gasteiger partial charge in [-0.2, -0.15) is 0 Å². The van der Waals surface area contributed by atoms with Crippen molar-refractivity contribution < 1.29 is 4.79 Å². The minimum atomic E-state index is -0.0502. The predicted octanol–water partition coefficient (Wildman–Crippen LogP) is 3.52. The molecule has 0 saturated heterocycles. The first-order chi connectivity index (χ1) is 12.5. The lowest BCUT2D eigenvalue weighted by Crippen LogP contribution is -2.47. The van der Waals surface area contributed by atoms with Gasteiger partial charge in [-0.15, -0.1) is 0 Å². The van der Waals surface area contributed by atoms with E-state index in [0.29, 0.717) is 6.04 Å². The van der Waals surface area contributed by atoms with E-state index in [1.165, 1.54) is 31.3 Å². The zero-order valence-corrected chi connectivity index (χ0v) is 18.1. The van der Waals surface area contributed by atoms with Gasteiger partial charge in [0.1, 0.15) is 0 Å². The van der Waals surface area contributed by atoms with Gasteiger partial charge in [0, 0.05) is 43.6 Å². The van der Waals surface area contributed by atoms with Crippen LogP contribution in [0.2, 0.25) is 0 Å². The standard InChI is InChI=1S/C21H26IN3O/c1-5-25(6-2)21(26)13-10-15-14-8-7-9-17-19(14)16(20(22)24(17)4)11-18(15)23(3)12-13/h7-10,13,18H,5-6,11-12H2,1-4H3. The maximum Gasteiger partial charge on any atom is 0.230 e. The first-order valence-electron chi connectivity index (χ1n) is 9.44. The van der Waals surface area contributed by atoms with Crippen LogP contribution in [0.1, 0.15) is 25.0 Å². The Hall–Kier alpha value is -1.34. The SMILES string of the molecule is CCN(CC)C(=O)C1C=C2c3cccc4c3c(c(I)n4C)CC2N(C)C1. The van der Waals surface area contributed by atoms with Gasteiger partial charge in [-0.25, -0.2) is 0 Å². The number of carbonyl (C=O) groups is 1. The first kappa shape index (κ1) is 18.0. The van der Waals surface area contributed by atoms with Crippen LogP contribution in [0.5, 0.6) is 0 Å². The van der Waals surface area contributed by atoms with Crippen LogP contribution in [0.15, 0.2) is 24.3 Å². The molecule has 2 aromatic rings. The van der Waals surface area contributed by atoms with Gasteiger partial charge < -0.3 is 9.47 Å². The lowest BCUT2D eigenvalue weighted by molar-refractivity contribution is -0.134. The van der Waals surface area contributed by atoms with Crippen molar-refractivity contribution in [3.8, 4) is 0 Å². The molecule has 1 aliphatic heterocycles. The number of nitrogens with zero attached hydrogens (tertiary/aromatic N) is 3. The molecule has 0 saturated carbocycles. The molecule has 2 unspecified atom stereocenters. The first-order valence-corrected chi connectivity index (χ1v) is 10.5. The summed E-state index contributed by atoms with van der Waals surface area (Å²) in [5.74, 6) is 0.208.